The number of nitrogens with zero attached hydrogens (tertiary/aromatic N) is 3. The first kappa shape index (κ1) is 12.5. The molecule has 6 heteroatoms. The normalized spacial score (nSPS) is 10.9. The minimum atomic E-state index is -0.264. The number of nitrogens with one attached hydrogen (secondary N) is 1. The highest BCUT2D eigenvalue weighted by Gasteiger charge is 2.14. The average molecular weight is 290 g/mol. The van der Waals surface area contributed by atoms with E-state index in [0.717, 1.165) is 10.9 Å². The molecule has 4 aromatic rings. The van der Waals surface area contributed by atoms with E-state index in [2.05, 4.69) is 20.2 Å². The summed E-state index contributed by atoms with van der Waals surface area (Å²) >= 11 is 0. The Labute approximate surface area is 124 Å². The lowest BCUT2D eigenvalue weighted by Gasteiger charge is -1.99. The van der Waals surface area contributed by atoms with Gasteiger partial charge in [-0.25, -0.2) is 0 Å². The van der Waals surface area contributed by atoms with Gasteiger partial charge >= 0.3 is 0 Å². The van der Waals surface area contributed by atoms with E-state index in [4.69, 9.17) is 4.42 Å². The Morgan fingerprint density at radius 1 is 1.00 bits per heavy atom. The molecular weight excluding hydrogens is 280 g/mol. The van der Waals surface area contributed by atoms with Gasteiger partial charge in [0, 0.05) is 17.9 Å². The third-order valence-electron chi connectivity index (χ3n) is 3.32. The van der Waals surface area contributed by atoms with Crippen LogP contribution in [-0.4, -0.2) is 20.2 Å². The number of pyridine rings is 2. The maximum absolute atomic E-state index is 12.2. The monoisotopic (exact) mass is 290 g/mol. The van der Waals surface area contributed by atoms with Gasteiger partial charge in [0.2, 0.25) is 5.89 Å². The fraction of sp³-hybridized carbons (Fsp3) is 0. The molecule has 0 radical (unpaired) electrons. The summed E-state index contributed by atoms with van der Waals surface area (Å²) in [5.74, 6) is 0.515. The van der Waals surface area contributed by atoms with Crippen molar-refractivity contribution in [3.05, 3.63) is 65.2 Å². The van der Waals surface area contributed by atoms with Gasteiger partial charge in [0.05, 0.1) is 5.56 Å². The zero-order valence-corrected chi connectivity index (χ0v) is 11.4. The quantitative estimate of drug-likeness (QED) is 0.613. The second-order valence-electron chi connectivity index (χ2n) is 4.75. The Morgan fingerprint density at radius 2 is 1.86 bits per heavy atom. The first-order valence-electron chi connectivity index (χ1n) is 6.67. The average Bonchev–Trinajstić information content (AvgIpc) is 3.05. The van der Waals surface area contributed by atoms with Crippen LogP contribution in [0.4, 0.5) is 0 Å². The molecule has 0 spiro atoms. The van der Waals surface area contributed by atoms with Crippen LogP contribution in [0.2, 0.25) is 0 Å². The zero-order valence-electron chi connectivity index (χ0n) is 11.4. The minimum Gasteiger partial charge on any atom is -0.416 e. The number of fused-ring (bicyclic) bond motifs is 1. The molecule has 0 aliphatic carbocycles. The van der Waals surface area contributed by atoms with Crippen LogP contribution in [0.1, 0.15) is 0 Å². The first-order valence-corrected chi connectivity index (χ1v) is 6.67. The molecule has 0 saturated carbocycles. The molecule has 0 atom stereocenters. The first-order chi connectivity index (χ1) is 10.8. The summed E-state index contributed by atoms with van der Waals surface area (Å²) in [5, 5.41) is 8.84. The molecule has 0 fully saturated rings. The van der Waals surface area contributed by atoms with Crippen molar-refractivity contribution in [3.63, 3.8) is 0 Å². The van der Waals surface area contributed by atoms with Crippen LogP contribution in [0.15, 0.2) is 64.1 Å². The topological polar surface area (TPSA) is 84.7 Å². The second-order valence-corrected chi connectivity index (χ2v) is 4.75. The number of aromatic nitrogens is 4. The van der Waals surface area contributed by atoms with Crippen LogP contribution in [-0.2, 0) is 0 Å². The van der Waals surface area contributed by atoms with Gasteiger partial charge in [0.15, 0.2) is 0 Å². The zero-order chi connectivity index (χ0) is 14.9. The molecule has 22 heavy (non-hydrogen) atoms. The maximum Gasteiger partial charge on any atom is 0.261 e. The van der Waals surface area contributed by atoms with Crippen molar-refractivity contribution in [3.8, 4) is 22.9 Å². The number of aromatic amines is 1. The van der Waals surface area contributed by atoms with E-state index in [0.29, 0.717) is 17.0 Å². The Kier molecular flexibility index (Phi) is 2.79. The van der Waals surface area contributed by atoms with Gasteiger partial charge in [-0.3, -0.25) is 9.78 Å². The van der Waals surface area contributed by atoms with E-state index in [9.17, 15) is 4.79 Å². The Balaban J connectivity index is 1.84. The summed E-state index contributed by atoms with van der Waals surface area (Å²) < 4.78 is 5.60. The summed E-state index contributed by atoms with van der Waals surface area (Å²) in [6.45, 7) is 0. The maximum atomic E-state index is 12.2. The summed E-state index contributed by atoms with van der Waals surface area (Å²) in [7, 11) is 0. The SMILES string of the molecule is O=c1[nH]c2ccccc2cc1-c1nnc(-c2cccnc2)o1. The highest BCUT2D eigenvalue weighted by Crippen LogP contribution is 2.22. The molecule has 0 aliphatic rings. The lowest BCUT2D eigenvalue weighted by atomic mass is 10.1. The summed E-state index contributed by atoms with van der Waals surface area (Å²) in [6.07, 6.45) is 3.29. The van der Waals surface area contributed by atoms with E-state index in [1.165, 1.54) is 0 Å². The lowest BCUT2D eigenvalue weighted by molar-refractivity contribution is 0.583. The van der Waals surface area contributed by atoms with E-state index >= 15 is 0 Å². The molecule has 0 saturated heterocycles. The van der Waals surface area contributed by atoms with Gasteiger partial charge in [-0.05, 0) is 29.7 Å². The third kappa shape index (κ3) is 2.07. The van der Waals surface area contributed by atoms with E-state index < -0.39 is 0 Å². The van der Waals surface area contributed by atoms with Gasteiger partial charge in [0.1, 0.15) is 5.56 Å². The molecule has 0 unspecified atom stereocenters. The fourth-order valence-electron chi connectivity index (χ4n) is 2.24. The van der Waals surface area contributed by atoms with Gasteiger partial charge in [-0.2, -0.15) is 0 Å². The molecular formula is C16H10N4O2. The molecule has 1 N–H and O–H groups in total. The minimum absolute atomic E-state index is 0.186. The molecule has 3 aromatic heterocycles. The predicted molar refractivity (Wildman–Crippen MR) is 81.1 cm³/mol. The van der Waals surface area contributed by atoms with Crippen LogP contribution in [0.5, 0.6) is 0 Å². The Hall–Kier alpha value is -3.28. The molecule has 1 aromatic carbocycles. The molecule has 3 heterocycles. The van der Waals surface area contributed by atoms with E-state index in [-0.39, 0.29) is 11.4 Å². The molecule has 6 nitrogen and oxygen atoms in total. The van der Waals surface area contributed by atoms with Gasteiger partial charge < -0.3 is 9.40 Å². The molecule has 0 amide bonds. The van der Waals surface area contributed by atoms with E-state index in [1.54, 1.807) is 24.5 Å². The van der Waals surface area contributed by atoms with Crippen molar-refractivity contribution in [2.45, 2.75) is 0 Å². The highest BCUT2D eigenvalue weighted by molar-refractivity contribution is 5.82. The van der Waals surface area contributed by atoms with Crippen LogP contribution >= 0.6 is 0 Å². The number of H-pyrrole nitrogens is 1. The Morgan fingerprint density at radius 3 is 2.73 bits per heavy atom. The summed E-state index contributed by atoms with van der Waals surface area (Å²) in [4.78, 5) is 19.0. The van der Waals surface area contributed by atoms with Crippen molar-refractivity contribution >= 4 is 10.9 Å². The highest BCUT2D eigenvalue weighted by atomic mass is 16.4. The standard InChI is InChI=1S/C16H10N4O2/c21-14-12(8-10-4-1-2-6-13(10)18-14)16-20-19-15(22-16)11-5-3-7-17-9-11/h1-9H,(H,18,21). The number of rotatable bonds is 2. The second kappa shape index (κ2) is 4.92. The van der Waals surface area contributed by atoms with Crippen LogP contribution in [0, 0.1) is 0 Å². The van der Waals surface area contributed by atoms with Gasteiger partial charge in [-0.1, -0.05) is 18.2 Å². The van der Waals surface area contributed by atoms with Gasteiger partial charge in [0.25, 0.3) is 11.4 Å². The van der Waals surface area contributed by atoms with Crippen molar-refractivity contribution < 1.29 is 4.42 Å². The number of benzene rings is 1. The smallest absolute Gasteiger partial charge is 0.261 e. The van der Waals surface area contributed by atoms with Crippen molar-refractivity contribution in [2.24, 2.45) is 0 Å². The predicted octanol–water partition coefficient (Wildman–Crippen LogP) is 2.64. The largest absolute Gasteiger partial charge is 0.416 e. The van der Waals surface area contributed by atoms with Crippen LogP contribution < -0.4 is 5.56 Å². The van der Waals surface area contributed by atoms with Crippen LogP contribution in [0.3, 0.4) is 0 Å². The van der Waals surface area contributed by atoms with Gasteiger partial charge in [-0.15, -0.1) is 10.2 Å². The third-order valence-corrected chi connectivity index (χ3v) is 3.32. The Bertz CT molecular complexity index is 1010. The summed E-state index contributed by atoms with van der Waals surface area (Å²) in [6, 6.07) is 12.9. The van der Waals surface area contributed by atoms with Crippen molar-refractivity contribution in [1.82, 2.24) is 20.2 Å². The molecule has 106 valence electrons. The fourth-order valence-corrected chi connectivity index (χ4v) is 2.24. The number of para-hydroxylation sites is 1. The molecule has 0 bridgehead atoms. The molecule has 0 aliphatic heterocycles. The van der Waals surface area contributed by atoms with Crippen molar-refractivity contribution in [1.29, 1.82) is 0 Å². The van der Waals surface area contributed by atoms with E-state index in [1.807, 2.05) is 30.3 Å². The van der Waals surface area contributed by atoms with Crippen LogP contribution in [0.25, 0.3) is 33.8 Å². The molecule has 4 rings (SSSR count). The lowest BCUT2D eigenvalue weighted by Crippen LogP contribution is -2.08. The number of hydrogen-bond acceptors (Lipinski definition) is 5. The number of hydrogen-bond donors (Lipinski definition) is 1. The summed E-state index contributed by atoms with van der Waals surface area (Å²) in [5.41, 5.74) is 1.56. The van der Waals surface area contributed by atoms with Crippen molar-refractivity contribution in [2.75, 3.05) is 0 Å².